The van der Waals surface area contributed by atoms with Crippen LogP contribution in [-0.2, 0) is 0 Å². The molecule has 3 nitrogen and oxygen atoms in total. The molecular formula is C17H18N2O. The highest BCUT2D eigenvalue weighted by molar-refractivity contribution is 5.85. The maximum absolute atomic E-state index is 5.98. The van der Waals surface area contributed by atoms with Crippen LogP contribution in [0.2, 0.25) is 0 Å². The second-order valence-corrected chi connectivity index (χ2v) is 5.16. The van der Waals surface area contributed by atoms with Gasteiger partial charge < -0.3 is 15.5 Å². The molecule has 0 saturated carbocycles. The molecule has 0 radical (unpaired) electrons. The Hall–Kier alpha value is -2.26. The van der Waals surface area contributed by atoms with Crippen molar-refractivity contribution in [2.75, 3.05) is 0 Å². The number of aromatic amines is 1. The van der Waals surface area contributed by atoms with Crippen molar-refractivity contribution in [1.29, 1.82) is 0 Å². The molecule has 20 heavy (non-hydrogen) atoms. The van der Waals surface area contributed by atoms with Gasteiger partial charge in [0.05, 0.1) is 0 Å². The molecule has 0 amide bonds. The molecule has 0 spiro atoms. The van der Waals surface area contributed by atoms with Gasteiger partial charge in [0.25, 0.3) is 0 Å². The molecule has 2 aromatic carbocycles. The van der Waals surface area contributed by atoms with Gasteiger partial charge in [-0.25, -0.2) is 0 Å². The minimum atomic E-state index is -0.00150. The van der Waals surface area contributed by atoms with Gasteiger partial charge >= 0.3 is 0 Å². The van der Waals surface area contributed by atoms with Gasteiger partial charge in [-0.15, -0.1) is 0 Å². The van der Waals surface area contributed by atoms with E-state index in [2.05, 4.69) is 11.9 Å². The predicted octanol–water partition coefficient (Wildman–Crippen LogP) is 4.29. The molecule has 1 atom stereocenters. The van der Waals surface area contributed by atoms with Crippen LogP contribution < -0.4 is 10.5 Å². The number of fused-ring (bicyclic) bond motifs is 1. The largest absolute Gasteiger partial charge is 0.457 e. The quantitative estimate of drug-likeness (QED) is 0.743. The first-order valence-corrected chi connectivity index (χ1v) is 6.74. The highest BCUT2D eigenvalue weighted by Crippen LogP contribution is 2.29. The molecule has 3 N–H and O–H groups in total. The highest BCUT2D eigenvalue weighted by atomic mass is 16.5. The first-order chi connectivity index (χ1) is 9.63. The lowest BCUT2D eigenvalue weighted by Gasteiger charge is -2.07. The molecular weight excluding hydrogens is 248 g/mol. The molecule has 3 aromatic rings. The van der Waals surface area contributed by atoms with Crippen LogP contribution in [0, 0.1) is 6.92 Å². The standard InChI is InChI=1S/C17H18N2O/c1-11-3-5-13(6-4-11)20-14-7-8-17-15(9-14)16(10-19-17)12(2)18/h3-10,12,19H,18H2,1-2H3. The summed E-state index contributed by atoms with van der Waals surface area (Å²) >= 11 is 0. The Morgan fingerprint density at radius 3 is 2.45 bits per heavy atom. The molecule has 0 aliphatic heterocycles. The predicted molar refractivity (Wildman–Crippen MR) is 82.2 cm³/mol. The molecule has 1 aromatic heterocycles. The number of aromatic nitrogens is 1. The Morgan fingerprint density at radius 1 is 1.05 bits per heavy atom. The highest BCUT2D eigenvalue weighted by Gasteiger charge is 2.08. The number of benzene rings is 2. The number of nitrogens with one attached hydrogen (secondary N) is 1. The smallest absolute Gasteiger partial charge is 0.128 e. The summed E-state index contributed by atoms with van der Waals surface area (Å²) in [6, 6.07) is 14.0. The molecule has 102 valence electrons. The number of H-pyrrole nitrogens is 1. The summed E-state index contributed by atoms with van der Waals surface area (Å²) in [4.78, 5) is 3.23. The molecule has 0 fully saturated rings. The van der Waals surface area contributed by atoms with E-state index in [-0.39, 0.29) is 6.04 Å². The van der Waals surface area contributed by atoms with Gasteiger partial charge in [-0.1, -0.05) is 17.7 Å². The number of nitrogens with two attached hydrogens (primary N) is 1. The average molecular weight is 266 g/mol. The summed E-state index contributed by atoms with van der Waals surface area (Å²) in [6.07, 6.45) is 1.96. The summed E-state index contributed by atoms with van der Waals surface area (Å²) in [5, 5.41) is 1.12. The lowest BCUT2D eigenvalue weighted by molar-refractivity contribution is 0.483. The Labute approximate surface area is 118 Å². The van der Waals surface area contributed by atoms with Crippen LogP contribution in [0.25, 0.3) is 10.9 Å². The van der Waals surface area contributed by atoms with Crippen LogP contribution in [0.15, 0.2) is 48.7 Å². The topological polar surface area (TPSA) is 51.0 Å². The van der Waals surface area contributed by atoms with E-state index in [0.29, 0.717) is 0 Å². The zero-order chi connectivity index (χ0) is 14.1. The van der Waals surface area contributed by atoms with E-state index in [1.807, 2.05) is 55.6 Å². The van der Waals surface area contributed by atoms with Gasteiger partial charge in [0, 0.05) is 23.1 Å². The zero-order valence-electron chi connectivity index (χ0n) is 11.7. The fraction of sp³-hybridized carbons (Fsp3) is 0.176. The van der Waals surface area contributed by atoms with E-state index >= 15 is 0 Å². The maximum Gasteiger partial charge on any atom is 0.128 e. The van der Waals surface area contributed by atoms with Gasteiger partial charge in [0.15, 0.2) is 0 Å². The second kappa shape index (κ2) is 5.02. The fourth-order valence-electron chi connectivity index (χ4n) is 2.30. The summed E-state index contributed by atoms with van der Waals surface area (Å²) in [7, 11) is 0. The van der Waals surface area contributed by atoms with Gasteiger partial charge in [-0.3, -0.25) is 0 Å². The normalized spacial score (nSPS) is 12.6. The first-order valence-electron chi connectivity index (χ1n) is 6.74. The van der Waals surface area contributed by atoms with Crippen LogP contribution >= 0.6 is 0 Å². The molecule has 1 heterocycles. The van der Waals surface area contributed by atoms with E-state index in [0.717, 1.165) is 28.0 Å². The molecule has 0 bridgehead atoms. The Balaban J connectivity index is 1.95. The van der Waals surface area contributed by atoms with Crippen molar-refractivity contribution >= 4 is 10.9 Å². The van der Waals surface area contributed by atoms with Crippen molar-refractivity contribution < 1.29 is 4.74 Å². The monoisotopic (exact) mass is 266 g/mol. The SMILES string of the molecule is Cc1ccc(Oc2ccc3[nH]cc(C(C)N)c3c2)cc1. The van der Waals surface area contributed by atoms with Crippen LogP contribution in [0.3, 0.4) is 0 Å². The molecule has 0 aliphatic carbocycles. The summed E-state index contributed by atoms with van der Waals surface area (Å²) < 4.78 is 5.89. The number of rotatable bonds is 3. The third-order valence-corrected chi connectivity index (χ3v) is 3.43. The number of hydrogen-bond donors (Lipinski definition) is 2. The lowest BCUT2D eigenvalue weighted by Crippen LogP contribution is -2.03. The van der Waals surface area contributed by atoms with Gasteiger partial charge in [-0.2, -0.15) is 0 Å². The minimum absolute atomic E-state index is 0.00150. The van der Waals surface area contributed by atoms with Gasteiger partial charge in [0.2, 0.25) is 0 Å². The van der Waals surface area contributed by atoms with Crippen molar-refractivity contribution in [2.24, 2.45) is 5.73 Å². The van der Waals surface area contributed by atoms with Crippen molar-refractivity contribution in [3.63, 3.8) is 0 Å². The van der Waals surface area contributed by atoms with E-state index in [1.165, 1.54) is 5.56 Å². The lowest BCUT2D eigenvalue weighted by atomic mass is 10.1. The molecule has 1 unspecified atom stereocenters. The number of hydrogen-bond acceptors (Lipinski definition) is 2. The van der Waals surface area contributed by atoms with Crippen molar-refractivity contribution in [2.45, 2.75) is 19.9 Å². The van der Waals surface area contributed by atoms with Crippen LogP contribution in [0.5, 0.6) is 11.5 Å². The third-order valence-electron chi connectivity index (χ3n) is 3.43. The summed E-state index contributed by atoms with van der Waals surface area (Å²) in [5.74, 6) is 1.66. The Kier molecular flexibility index (Phi) is 3.20. The Morgan fingerprint density at radius 2 is 1.75 bits per heavy atom. The van der Waals surface area contributed by atoms with Crippen molar-refractivity contribution in [3.05, 3.63) is 59.8 Å². The first kappa shape index (κ1) is 12.8. The molecule has 3 rings (SSSR count). The molecule has 0 aliphatic rings. The van der Waals surface area contributed by atoms with E-state index in [1.54, 1.807) is 0 Å². The van der Waals surface area contributed by atoms with E-state index in [9.17, 15) is 0 Å². The number of ether oxygens (including phenoxy) is 1. The van der Waals surface area contributed by atoms with Crippen LogP contribution in [-0.4, -0.2) is 4.98 Å². The minimum Gasteiger partial charge on any atom is -0.457 e. The fourth-order valence-corrected chi connectivity index (χ4v) is 2.30. The average Bonchev–Trinajstić information content (AvgIpc) is 2.84. The second-order valence-electron chi connectivity index (χ2n) is 5.16. The third kappa shape index (κ3) is 2.40. The van der Waals surface area contributed by atoms with Crippen LogP contribution in [0.1, 0.15) is 24.1 Å². The molecule has 3 heteroatoms. The van der Waals surface area contributed by atoms with Crippen molar-refractivity contribution in [3.8, 4) is 11.5 Å². The van der Waals surface area contributed by atoms with Crippen molar-refractivity contribution in [1.82, 2.24) is 4.98 Å². The van der Waals surface area contributed by atoms with Gasteiger partial charge in [-0.05, 0) is 49.7 Å². The van der Waals surface area contributed by atoms with E-state index < -0.39 is 0 Å². The summed E-state index contributed by atoms with van der Waals surface area (Å²) in [6.45, 7) is 4.04. The molecule has 0 saturated heterocycles. The Bertz CT molecular complexity index is 726. The number of aryl methyl sites for hydroxylation is 1. The summed E-state index contributed by atoms with van der Waals surface area (Å²) in [5.41, 5.74) is 9.39. The van der Waals surface area contributed by atoms with Crippen LogP contribution in [0.4, 0.5) is 0 Å². The van der Waals surface area contributed by atoms with Gasteiger partial charge in [0.1, 0.15) is 11.5 Å². The zero-order valence-corrected chi connectivity index (χ0v) is 11.7. The van der Waals surface area contributed by atoms with E-state index in [4.69, 9.17) is 10.5 Å². The maximum atomic E-state index is 5.98.